The second kappa shape index (κ2) is 6.59. The molecular weight excluding hydrogens is 320 g/mol. The number of likely N-dealkylation sites (tertiary alicyclic amines) is 1. The minimum atomic E-state index is 0.0275. The number of carbonyl (C=O) groups excluding carboxylic acids is 1. The number of rotatable bonds is 3. The van der Waals surface area contributed by atoms with Crippen LogP contribution in [-0.2, 0) is 0 Å². The summed E-state index contributed by atoms with van der Waals surface area (Å²) in [5.41, 5.74) is 6.59. The first kappa shape index (κ1) is 15.3. The molecule has 5 heteroatoms. The average molecular weight is 341 g/mol. The summed E-state index contributed by atoms with van der Waals surface area (Å²) in [5.74, 6) is 1.01. The fourth-order valence-corrected chi connectivity index (χ4v) is 2.98. The van der Waals surface area contributed by atoms with Crippen molar-refractivity contribution in [2.24, 2.45) is 11.7 Å². The van der Waals surface area contributed by atoms with E-state index in [9.17, 15) is 4.79 Å². The third kappa shape index (κ3) is 3.33. The molecule has 0 bridgehead atoms. The summed E-state index contributed by atoms with van der Waals surface area (Å²) in [6, 6.07) is 5.61. The first-order valence-electron chi connectivity index (χ1n) is 6.91. The third-order valence-corrected chi connectivity index (χ3v) is 4.38. The molecule has 0 aliphatic carbocycles. The van der Waals surface area contributed by atoms with E-state index in [2.05, 4.69) is 15.9 Å². The molecule has 4 nitrogen and oxygen atoms in total. The molecule has 0 saturated carbocycles. The van der Waals surface area contributed by atoms with Gasteiger partial charge in [-0.3, -0.25) is 4.79 Å². The minimum absolute atomic E-state index is 0.0275. The van der Waals surface area contributed by atoms with Crippen molar-refractivity contribution in [2.75, 3.05) is 20.2 Å². The molecule has 1 aromatic rings. The highest BCUT2D eigenvalue weighted by atomic mass is 79.9. The fourth-order valence-electron chi connectivity index (χ4n) is 2.64. The summed E-state index contributed by atoms with van der Waals surface area (Å²) in [7, 11) is 1.58. The van der Waals surface area contributed by atoms with Crippen LogP contribution in [0.5, 0.6) is 5.75 Å². The van der Waals surface area contributed by atoms with Crippen LogP contribution in [0.4, 0.5) is 0 Å². The number of hydrogen-bond acceptors (Lipinski definition) is 3. The molecule has 2 rings (SSSR count). The SMILES string of the molecule is COc1cc(Br)ccc1C(=O)N1CCC[C@H]([C@@H](C)N)C1. The van der Waals surface area contributed by atoms with Gasteiger partial charge >= 0.3 is 0 Å². The summed E-state index contributed by atoms with van der Waals surface area (Å²) in [5, 5.41) is 0. The molecule has 1 aliphatic rings. The van der Waals surface area contributed by atoms with E-state index in [1.165, 1.54) is 0 Å². The fraction of sp³-hybridized carbons (Fsp3) is 0.533. The van der Waals surface area contributed by atoms with Gasteiger partial charge < -0.3 is 15.4 Å². The summed E-state index contributed by atoms with van der Waals surface area (Å²) in [4.78, 5) is 14.5. The van der Waals surface area contributed by atoms with Gasteiger partial charge in [-0.15, -0.1) is 0 Å². The van der Waals surface area contributed by atoms with E-state index in [0.29, 0.717) is 17.2 Å². The summed E-state index contributed by atoms with van der Waals surface area (Å²) >= 11 is 3.39. The van der Waals surface area contributed by atoms with Crippen LogP contribution in [0.1, 0.15) is 30.1 Å². The zero-order chi connectivity index (χ0) is 14.7. The molecule has 1 aromatic carbocycles. The van der Waals surface area contributed by atoms with Crippen LogP contribution in [0.15, 0.2) is 22.7 Å². The van der Waals surface area contributed by atoms with Gasteiger partial charge in [0.1, 0.15) is 5.75 Å². The van der Waals surface area contributed by atoms with E-state index >= 15 is 0 Å². The van der Waals surface area contributed by atoms with Crippen LogP contribution in [0.25, 0.3) is 0 Å². The van der Waals surface area contributed by atoms with Gasteiger partial charge in [0.15, 0.2) is 0 Å². The number of hydrogen-bond donors (Lipinski definition) is 1. The molecule has 2 N–H and O–H groups in total. The zero-order valence-electron chi connectivity index (χ0n) is 11.9. The first-order valence-corrected chi connectivity index (χ1v) is 7.70. The Hall–Kier alpha value is -1.07. The van der Waals surface area contributed by atoms with Gasteiger partial charge in [-0.2, -0.15) is 0 Å². The molecular formula is C15H21BrN2O2. The van der Waals surface area contributed by atoms with E-state index in [1.807, 2.05) is 24.0 Å². The van der Waals surface area contributed by atoms with E-state index in [0.717, 1.165) is 30.4 Å². The lowest BCUT2D eigenvalue weighted by molar-refractivity contribution is 0.0657. The second-order valence-electron chi connectivity index (χ2n) is 5.36. The molecule has 0 aromatic heterocycles. The Labute approximate surface area is 128 Å². The maximum atomic E-state index is 12.6. The highest BCUT2D eigenvalue weighted by Crippen LogP contribution is 2.27. The van der Waals surface area contributed by atoms with Gasteiger partial charge in [0.05, 0.1) is 12.7 Å². The lowest BCUT2D eigenvalue weighted by atomic mass is 9.92. The van der Waals surface area contributed by atoms with Crippen molar-refractivity contribution < 1.29 is 9.53 Å². The summed E-state index contributed by atoms with van der Waals surface area (Å²) in [6.45, 7) is 3.54. The smallest absolute Gasteiger partial charge is 0.257 e. The van der Waals surface area contributed by atoms with Gasteiger partial charge in [0.25, 0.3) is 5.91 Å². The van der Waals surface area contributed by atoms with Gasteiger partial charge in [-0.25, -0.2) is 0 Å². The van der Waals surface area contributed by atoms with E-state index in [4.69, 9.17) is 10.5 Å². The van der Waals surface area contributed by atoms with Crippen molar-refractivity contribution in [1.29, 1.82) is 0 Å². The predicted molar refractivity (Wildman–Crippen MR) is 83.0 cm³/mol. The maximum Gasteiger partial charge on any atom is 0.257 e. The maximum absolute atomic E-state index is 12.6. The molecule has 2 atom stereocenters. The Morgan fingerprint density at radius 3 is 2.95 bits per heavy atom. The molecule has 1 saturated heterocycles. The quantitative estimate of drug-likeness (QED) is 0.920. The van der Waals surface area contributed by atoms with Gasteiger partial charge in [-0.05, 0) is 43.9 Å². The molecule has 0 radical (unpaired) electrons. The van der Waals surface area contributed by atoms with Gasteiger partial charge in [-0.1, -0.05) is 15.9 Å². The van der Waals surface area contributed by atoms with E-state index < -0.39 is 0 Å². The number of methoxy groups -OCH3 is 1. The van der Waals surface area contributed by atoms with Crippen molar-refractivity contribution >= 4 is 21.8 Å². The summed E-state index contributed by atoms with van der Waals surface area (Å²) in [6.07, 6.45) is 2.11. The van der Waals surface area contributed by atoms with Crippen molar-refractivity contribution in [3.8, 4) is 5.75 Å². The average Bonchev–Trinajstić information content (AvgIpc) is 2.46. The number of nitrogens with two attached hydrogens (primary N) is 1. The Balaban J connectivity index is 2.18. The number of halogens is 1. The molecule has 1 aliphatic heterocycles. The lowest BCUT2D eigenvalue weighted by Gasteiger charge is -2.34. The number of nitrogens with zero attached hydrogens (tertiary/aromatic N) is 1. The molecule has 0 unspecified atom stereocenters. The molecule has 1 heterocycles. The normalized spacial score (nSPS) is 20.6. The van der Waals surface area contributed by atoms with Crippen molar-refractivity contribution in [3.63, 3.8) is 0 Å². The predicted octanol–water partition coefficient (Wildman–Crippen LogP) is 2.66. The van der Waals surface area contributed by atoms with Crippen molar-refractivity contribution in [1.82, 2.24) is 4.90 Å². The van der Waals surface area contributed by atoms with Crippen LogP contribution < -0.4 is 10.5 Å². The first-order chi connectivity index (χ1) is 9.52. The molecule has 0 spiro atoms. The molecule has 110 valence electrons. The Bertz CT molecular complexity index is 491. The number of benzene rings is 1. The number of piperidine rings is 1. The largest absolute Gasteiger partial charge is 0.496 e. The van der Waals surface area contributed by atoms with E-state index in [1.54, 1.807) is 13.2 Å². The van der Waals surface area contributed by atoms with E-state index in [-0.39, 0.29) is 11.9 Å². The zero-order valence-corrected chi connectivity index (χ0v) is 13.5. The topological polar surface area (TPSA) is 55.6 Å². The van der Waals surface area contributed by atoms with Crippen molar-refractivity contribution in [3.05, 3.63) is 28.2 Å². The summed E-state index contributed by atoms with van der Waals surface area (Å²) < 4.78 is 6.21. The number of ether oxygens (including phenoxy) is 1. The van der Waals surface area contributed by atoms with Crippen molar-refractivity contribution in [2.45, 2.75) is 25.8 Å². The lowest BCUT2D eigenvalue weighted by Crippen LogP contribution is -2.45. The van der Waals surface area contributed by atoms with Crippen LogP contribution in [-0.4, -0.2) is 37.0 Å². The molecule has 1 amide bonds. The third-order valence-electron chi connectivity index (χ3n) is 3.88. The highest BCUT2D eigenvalue weighted by Gasteiger charge is 2.27. The second-order valence-corrected chi connectivity index (χ2v) is 6.27. The Kier molecular flexibility index (Phi) is 5.05. The van der Waals surface area contributed by atoms with Gasteiger partial charge in [0.2, 0.25) is 0 Å². The molecule has 20 heavy (non-hydrogen) atoms. The number of carbonyl (C=O) groups is 1. The van der Waals surface area contributed by atoms with Crippen LogP contribution in [0.2, 0.25) is 0 Å². The number of amides is 1. The Morgan fingerprint density at radius 2 is 2.30 bits per heavy atom. The van der Waals surface area contributed by atoms with Crippen LogP contribution >= 0.6 is 15.9 Å². The highest BCUT2D eigenvalue weighted by molar-refractivity contribution is 9.10. The van der Waals surface area contributed by atoms with Gasteiger partial charge in [0, 0.05) is 23.6 Å². The minimum Gasteiger partial charge on any atom is -0.496 e. The standard InChI is InChI=1S/C15H21BrN2O2/c1-10(17)11-4-3-7-18(9-11)15(19)13-6-5-12(16)8-14(13)20-2/h5-6,8,10-11H,3-4,7,9,17H2,1-2H3/t10-,11+/m1/s1. The Morgan fingerprint density at radius 1 is 1.55 bits per heavy atom. The van der Waals surface area contributed by atoms with Crippen LogP contribution in [0.3, 0.4) is 0 Å². The van der Waals surface area contributed by atoms with Crippen LogP contribution in [0, 0.1) is 5.92 Å². The molecule has 1 fully saturated rings. The monoisotopic (exact) mass is 340 g/mol.